The lowest BCUT2D eigenvalue weighted by molar-refractivity contribution is 0.102. The lowest BCUT2D eigenvalue weighted by Crippen LogP contribution is -2.11. The average molecular weight is 319 g/mol. The van der Waals surface area contributed by atoms with Crippen LogP contribution in [0.4, 0.5) is 5.13 Å². The second kappa shape index (κ2) is 5.55. The van der Waals surface area contributed by atoms with Gasteiger partial charge in [0.2, 0.25) is 0 Å². The van der Waals surface area contributed by atoms with Crippen molar-refractivity contribution < 1.29 is 18.3 Å². The van der Waals surface area contributed by atoms with Crippen LogP contribution in [0.5, 0.6) is 5.75 Å². The summed E-state index contributed by atoms with van der Waals surface area (Å²) in [5.41, 5.74) is 0.147. The van der Waals surface area contributed by atoms with Gasteiger partial charge in [-0.2, -0.15) is 0 Å². The van der Waals surface area contributed by atoms with E-state index in [1.807, 2.05) is 0 Å². The summed E-state index contributed by atoms with van der Waals surface area (Å²) in [6.07, 6.45) is 1.15. The number of phenolic OH excluding ortho intramolecular Hbond substituents is 1. The second-order valence-corrected chi connectivity index (χ2v) is 6.18. The third-order valence-electron chi connectivity index (χ3n) is 2.04. The lowest BCUT2D eigenvalue weighted by atomic mass is 10.2. The van der Waals surface area contributed by atoms with Gasteiger partial charge in [0.25, 0.3) is 5.91 Å². The van der Waals surface area contributed by atoms with Gasteiger partial charge in [-0.05, 0) is 18.2 Å². The molecular weight excluding hydrogens is 312 g/mol. The van der Waals surface area contributed by atoms with Crippen LogP contribution in [0.15, 0.2) is 28.6 Å². The number of halogens is 1. The Morgan fingerprint density at radius 1 is 1.37 bits per heavy atom. The number of thiol groups is 1. The Balaban J connectivity index is 2.20. The summed E-state index contributed by atoms with van der Waals surface area (Å²) in [6.45, 7) is 0. The molecular formula is C10H7ClN2O4S2. The highest BCUT2D eigenvalue weighted by Gasteiger charge is 2.11. The third-order valence-corrected chi connectivity index (χ3v) is 4.17. The Labute approximate surface area is 118 Å². The van der Waals surface area contributed by atoms with Crippen molar-refractivity contribution in [3.05, 3.63) is 35.0 Å². The van der Waals surface area contributed by atoms with Gasteiger partial charge in [0.15, 0.2) is 15.8 Å². The van der Waals surface area contributed by atoms with E-state index >= 15 is 0 Å². The monoisotopic (exact) mass is 318 g/mol. The van der Waals surface area contributed by atoms with Gasteiger partial charge in [0.05, 0.1) is 6.20 Å². The van der Waals surface area contributed by atoms with E-state index in [0.717, 1.165) is 17.5 Å². The molecule has 100 valence electrons. The molecule has 2 rings (SSSR count). The SMILES string of the molecule is O=C(Nc1ncc([SH](=O)=O)s1)c1cc(O)cc(Cl)c1. The molecule has 9 heteroatoms. The molecule has 1 heterocycles. The molecule has 1 aromatic heterocycles. The van der Waals surface area contributed by atoms with Crippen LogP contribution in [0.1, 0.15) is 10.4 Å². The Hall–Kier alpha value is -1.64. The van der Waals surface area contributed by atoms with Crippen LogP contribution in [-0.4, -0.2) is 24.4 Å². The first kappa shape index (κ1) is 13.8. The number of amides is 1. The van der Waals surface area contributed by atoms with Gasteiger partial charge in [-0.25, -0.2) is 13.4 Å². The van der Waals surface area contributed by atoms with E-state index in [4.69, 9.17) is 11.6 Å². The predicted octanol–water partition coefficient (Wildman–Crippen LogP) is 1.72. The summed E-state index contributed by atoms with van der Waals surface area (Å²) in [4.78, 5) is 15.6. The summed E-state index contributed by atoms with van der Waals surface area (Å²) >= 11 is 6.55. The maximum atomic E-state index is 11.8. The minimum absolute atomic E-state index is 0.0549. The molecule has 0 aliphatic rings. The van der Waals surface area contributed by atoms with Gasteiger partial charge in [0.1, 0.15) is 9.96 Å². The molecule has 0 spiro atoms. The van der Waals surface area contributed by atoms with Crippen LogP contribution in [-0.2, 0) is 10.7 Å². The quantitative estimate of drug-likeness (QED) is 0.749. The fraction of sp³-hybridized carbons (Fsp3) is 0. The first-order chi connectivity index (χ1) is 8.95. The van der Waals surface area contributed by atoms with Crippen LogP contribution >= 0.6 is 22.9 Å². The molecule has 0 saturated carbocycles. The van der Waals surface area contributed by atoms with Crippen molar-refractivity contribution >= 4 is 44.7 Å². The number of hydrogen-bond acceptors (Lipinski definition) is 6. The van der Waals surface area contributed by atoms with E-state index in [9.17, 15) is 18.3 Å². The first-order valence-electron chi connectivity index (χ1n) is 4.87. The van der Waals surface area contributed by atoms with E-state index in [0.29, 0.717) is 0 Å². The summed E-state index contributed by atoms with van der Waals surface area (Å²) in [6, 6.07) is 3.91. The smallest absolute Gasteiger partial charge is 0.257 e. The van der Waals surface area contributed by atoms with Gasteiger partial charge in [-0.15, -0.1) is 0 Å². The van der Waals surface area contributed by atoms with Crippen LogP contribution < -0.4 is 5.32 Å². The Kier molecular flexibility index (Phi) is 4.03. The number of thiazole rings is 1. The number of benzene rings is 1. The zero-order chi connectivity index (χ0) is 14.0. The Morgan fingerprint density at radius 2 is 2.11 bits per heavy atom. The molecule has 0 aliphatic heterocycles. The number of hydrogen-bond donors (Lipinski definition) is 3. The Bertz CT molecular complexity index is 683. The number of carbonyl (C=O) groups is 1. The van der Waals surface area contributed by atoms with Crippen molar-refractivity contribution in [2.24, 2.45) is 0 Å². The molecule has 1 aromatic carbocycles. The van der Waals surface area contributed by atoms with Crippen LogP contribution in [0.25, 0.3) is 0 Å². The number of rotatable bonds is 3. The van der Waals surface area contributed by atoms with Gasteiger partial charge < -0.3 is 5.11 Å². The first-order valence-corrected chi connectivity index (χ1v) is 7.24. The molecule has 0 atom stereocenters. The van der Waals surface area contributed by atoms with Gasteiger partial charge >= 0.3 is 0 Å². The molecule has 0 fully saturated rings. The van der Waals surface area contributed by atoms with E-state index in [1.54, 1.807) is 0 Å². The molecule has 2 N–H and O–H groups in total. The number of nitrogens with one attached hydrogen (secondary N) is 1. The highest BCUT2D eigenvalue weighted by molar-refractivity contribution is 7.75. The zero-order valence-corrected chi connectivity index (χ0v) is 11.6. The van der Waals surface area contributed by atoms with Crippen molar-refractivity contribution in [1.82, 2.24) is 4.98 Å². The number of aromatic nitrogens is 1. The maximum absolute atomic E-state index is 11.8. The fourth-order valence-electron chi connectivity index (χ4n) is 1.28. The van der Waals surface area contributed by atoms with Gasteiger partial charge in [-0.1, -0.05) is 22.9 Å². The summed E-state index contributed by atoms with van der Waals surface area (Å²) < 4.78 is 21.5. The van der Waals surface area contributed by atoms with Crippen molar-refractivity contribution in [2.45, 2.75) is 4.21 Å². The zero-order valence-electron chi connectivity index (χ0n) is 9.16. The highest BCUT2D eigenvalue weighted by atomic mass is 35.5. The molecule has 1 amide bonds. The number of phenols is 1. The topological polar surface area (TPSA) is 96.4 Å². The van der Waals surface area contributed by atoms with Gasteiger partial charge in [-0.3, -0.25) is 10.1 Å². The van der Waals surface area contributed by atoms with E-state index in [1.165, 1.54) is 18.2 Å². The fourth-order valence-corrected chi connectivity index (χ4v) is 2.77. The van der Waals surface area contributed by atoms with E-state index < -0.39 is 16.6 Å². The number of anilines is 1. The molecule has 19 heavy (non-hydrogen) atoms. The molecule has 6 nitrogen and oxygen atoms in total. The summed E-state index contributed by atoms with van der Waals surface area (Å²) in [5, 5.41) is 12.1. The molecule has 2 aromatic rings. The number of nitrogens with zero attached hydrogens (tertiary/aromatic N) is 1. The summed E-state index contributed by atoms with van der Waals surface area (Å²) in [7, 11) is -2.72. The average Bonchev–Trinajstić information content (AvgIpc) is 2.76. The number of aromatic hydroxyl groups is 1. The highest BCUT2D eigenvalue weighted by Crippen LogP contribution is 2.22. The van der Waals surface area contributed by atoms with Crippen molar-refractivity contribution in [3.8, 4) is 5.75 Å². The van der Waals surface area contributed by atoms with E-state index in [2.05, 4.69) is 10.3 Å². The van der Waals surface area contributed by atoms with Crippen molar-refractivity contribution in [1.29, 1.82) is 0 Å². The minimum Gasteiger partial charge on any atom is -0.508 e. The number of carbonyl (C=O) groups excluding carboxylic acids is 1. The normalized spacial score (nSPS) is 10.6. The standard InChI is InChI=1S/C10H7ClN2O4S2/c11-6-1-5(2-7(14)3-6)9(15)13-10-12-4-8(18-10)19(16)17/h1-4,14,19H,(H,12,13,15). The third kappa shape index (κ3) is 3.43. The van der Waals surface area contributed by atoms with Crippen LogP contribution in [0, 0.1) is 0 Å². The minimum atomic E-state index is -2.72. The second-order valence-electron chi connectivity index (χ2n) is 3.41. The molecule has 0 unspecified atom stereocenters. The van der Waals surface area contributed by atoms with Crippen LogP contribution in [0.2, 0.25) is 5.02 Å². The van der Waals surface area contributed by atoms with Crippen molar-refractivity contribution in [2.75, 3.05) is 5.32 Å². The lowest BCUT2D eigenvalue weighted by Gasteiger charge is -2.03. The van der Waals surface area contributed by atoms with Crippen LogP contribution in [0.3, 0.4) is 0 Å². The maximum Gasteiger partial charge on any atom is 0.257 e. The molecule has 0 radical (unpaired) electrons. The largest absolute Gasteiger partial charge is 0.508 e. The van der Waals surface area contributed by atoms with E-state index in [-0.39, 0.29) is 25.7 Å². The predicted molar refractivity (Wildman–Crippen MR) is 71.8 cm³/mol. The molecule has 0 saturated heterocycles. The molecule has 0 bridgehead atoms. The van der Waals surface area contributed by atoms with Gasteiger partial charge in [0, 0.05) is 10.6 Å². The Morgan fingerprint density at radius 3 is 2.68 bits per heavy atom. The summed E-state index contributed by atoms with van der Waals surface area (Å²) in [5.74, 6) is -0.681. The van der Waals surface area contributed by atoms with Crippen molar-refractivity contribution in [3.63, 3.8) is 0 Å². The molecule has 0 aliphatic carbocycles.